The van der Waals surface area contributed by atoms with E-state index in [1.807, 2.05) is 0 Å². The lowest BCUT2D eigenvalue weighted by Crippen LogP contribution is -2.07. The molecular formula is C10H20O4S. The zero-order valence-electron chi connectivity index (χ0n) is 9.52. The van der Waals surface area contributed by atoms with Crippen molar-refractivity contribution in [1.29, 1.82) is 0 Å². The van der Waals surface area contributed by atoms with Crippen LogP contribution in [0.4, 0.5) is 0 Å². The van der Waals surface area contributed by atoms with Crippen molar-refractivity contribution in [3.8, 4) is 0 Å². The molecular weight excluding hydrogens is 216 g/mol. The summed E-state index contributed by atoms with van der Waals surface area (Å²) in [7, 11) is 0. The van der Waals surface area contributed by atoms with Crippen LogP contribution in [0.15, 0.2) is 0 Å². The number of carbonyl (C=O) groups is 2. The average molecular weight is 236 g/mol. The van der Waals surface area contributed by atoms with Crippen LogP contribution < -0.4 is 0 Å². The van der Waals surface area contributed by atoms with Crippen molar-refractivity contribution in [2.45, 2.75) is 45.3 Å². The number of carboxylic acids is 1. The van der Waals surface area contributed by atoms with Gasteiger partial charge in [0.2, 0.25) is 0 Å². The molecule has 90 valence electrons. The highest BCUT2D eigenvalue weighted by molar-refractivity contribution is 7.80. The lowest BCUT2D eigenvalue weighted by molar-refractivity contribution is -0.141. The molecule has 0 spiro atoms. The van der Waals surface area contributed by atoms with Gasteiger partial charge in [-0.3, -0.25) is 9.59 Å². The number of carbonyl (C=O) groups excluding carboxylic acids is 1. The number of esters is 1. The summed E-state index contributed by atoms with van der Waals surface area (Å²) < 4.78 is 4.77. The van der Waals surface area contributed by atoms with Crippen molar-refractivity contribution >= 4 is 24.6 Å². The Morgan fingerprint density at radius 1 is 1.33 bits per heavy atom. The fourth-order valence-electron chi connectivity index (χ4n) is 0.816. The molecule has 4 nitrogen and oxygen atoms in total. The molecule has 0 aromatic carbocycles. The van der Waals surface area contributed by atoms with Gasteiger partial charge in [0.05, 0.1) is 6.61 Å². The predicted molar refractivity (Wildman–Crippen MR) is 62.2 cm³/mol. The highest BCUT2D eigenvalue weighted by Gasteiger charge is 2.01. The Hall–Kier alpha value is -0.710. The van der Waals surface area contributed by atoms with Crippen LogP contribution in [0.1, 0.15) is 40.0 Å². The van der Waals surface area contributed by atoms with Crippen LogP contribution in [0.3, 0.4) is 0 Å². The van der Waals surface area contributed by atoms with Gasteiger partial charge in [0, 0.05) is 19.1 Å². The van der Waals surface area contributed by atoms with Gasteiger partial charge in [-0.15, -0.1) is 0 Å². The Labute approximate surface area is 96.4 Å². The largest absolute Gasteiger partial charge is 0.481 e. The van der Waals surface area contributed by atoms with Gasteiger partial charge in [-0.1, -0.05) is 13.3 Å². The highest BCUT2D eigenvalue weighted by atomic mass is 32.1. The molecule has 0 heterocycles. The Bertz CT molecular complexity index is 178. The zero-order chi connectivity index (χ0) is 12.3. The maximum absolute atomic E-state index is 10.3. The van der Waals surface area contributed by atoms with Crippen molar-refractivity contribution in [3.63, 3.8) is 0 Å². The van der Waals surface area contributed by atoms with Crippen LogP contribution in [0.2, 0.25) is 0 Å². The van der Waals surface area contributed by atoms with E-state index in [0.29, 0.717) is 11.9 Å². The molecule has 5 heteroatoms. The number of hydrogen-bond donors (Lipinski definition) is 2. The smallest absolute Gasteiger partial charge is 0.302 e. The number of aliphatic carboxylic acids is 1. The van der Waals surface area contributed by atoms with Crippen LogP contribution in [-0.2, 0) is 14.3 Å². The van der Waals surface area contributed by atoms with E-state index in [2.05, 4.69) is 19.6 Å². The Morgan fingerprint density at radius 2 is 1.80 bits per heavy atom. The number of thiol groups is 1. The first kappa shape index (κ1) is 16.7. The van der Waals surface area contributed by atoms with Crippen molar-refractivity contribution in [2.24, 2.45) is 0 Å². The minimum Gasteiger partial charge on any atom is -0.481 e. The van der Waals surface area contributed by atoms with E-state index in [1.165, 1.54) is 6.92 Å². The summed E-state index contributed by atoms with van der Waals surface area (Å²) >= 11 is 4.32. The lowest BCUT2D eigenvalue weighted by atomic mass is 10.2. The quantitative estimate of drug-likeness (QED) is 0.567. The van der Waals surface area contributed by atoms with Crippen molar-refractivity contribution in [1.82, 2.24) is 0 Å². The van der Waals surface area contributed by atoms with E-state index < -0.39 is 5.97 Å². The highest BCUT2D eigenvalue weighted by Crippen LogP contribution is 2.08. The van der Waals surface area contributed by atoms with Crippen LogP contribution >= 0.6 is 12.6 Å². The molecule has 0 aromatic heterocycles. The third-order valence-corrected chi connectivity index (χ3v) is 1.89. The van der Waals surface area contributed by atoms with Gasteiger partial charge < -0.3 is 9.84 Å². The standard InChI is InChI=1S/C8H16O2S.C2H4O2/c1-3-4-8(11)5-6-10-7(2)9;1-2(3)4/h8,11H,3-6H2,1-2H3;1H3,(H,3,4). The van der Waals surface area contributed by atoms with Gasteiger partial charge in [0.25, 0.3) is 5.97 Å². The molecule has 0 aliphatic carbocycles. The molecule has 0 fully saturated rings. The van der Waals surface area contributed by atoms with Gasteiger partial charge in [0.15, 0.2) is 0 Å². The van der Waals surface area contributed by atoms with E-state index in [1.54, 1.807) is 0 Å². The summed E-state index contributed by atoms with van der Waals surface area (Å²) in [6, 6.07) is 0. The average Bonchev–Trinajstić information content (AvgIpc) is 2.02. The summed E-state index contributed by atoms with van der Waals surface area (Å²) in [5, 5.41) is 7.79. The fraction of sp³-hybridized carbons (Fsp3) is 0.800. The van der Waals surface area contributed by atoms with Gasteiger partial charge in [-0.25, -0.2) is 0 Å². The Kier molecular flexibility index (Phi) is 12.7. The summed E-state index contributed by atoms with van der Waals surface area (Å²) in [5.41, 5.74) is 0. The Morgan fingerprint density at radius 3 is 2.13 bits per heavy atom. The van der Waals surface area contributed by atoms with E-state index >= 15 is 0 Å². The molecule has 0 aliphatic heterocycles. The van der Waals surface area contributed by atoms with Gasteiger partial charge in [-0.05, 0) is 12.8 Å². The number of hydrogen-bond acceptors (Lipinski definition) is 4. The summed E-state index contributed by atoms with van der Waals surface area (Å²) in [5.74, 6) is -1.04. The molecule has 0 radical (unpaired) electrons. The summed E-state index contributed by atoms with van der Waals surface area (Å²) in [6.07, 6.45) is 3.08. The van der Waals surface area contributed by atoms with Crippen molar-refractivity contribution in [2.75, 3.05) is 6.61 Å². The van der Waals surface area contributed by atoms with Gasteiger partial charge >= 0.3 is 5.97 Å². The molecule has 15 heavy (non-hydrogen) atoms. The van der Waals surface area contributed by atoms with Crippen LogP contribution in [0.5, 0.6) is 0 Å². The number of ether oxygens (including phenoxy) is 1. The topological polar surface area (TPSA) is 63.6 Å². The molecule has 0 rings (SSSR count). The maximum Gasteiger partial charge on any atom is 0.302 e. The number of carboxylic acid groups (broad SMARTS) is 1. The first-order valence-corrected chi connectivity index (χ1v) is 5.42. The minimum atomic E-state index is -0.833. The first-order valence-electron chi connectivity index (χ1n) is 4.91. The molecule has 1 N–H and O–H groups in total. The minimum absolute atomic E-state index is 0.206. The monoisotopic (exact) mass is 236 g/mol. The van der Waals surface area contributed by atoms with E-state index in [4.69, 9.17) is 14.6 Å². The lowest BCUT2D eigenvalue weighted by Gasteiger charge is -2.07. The summed E-state index contributed by atoms with van der Waals surface area (Å²) in [6.45, 7) is 5.13. The molecule has 0 saturated heterocycles. The first-order chi connectivity index (χ1) is 6.90. The third-order valence-electron chi connectivity index (χ3n) is 1.38. The van der Waals surface area contributed by atoms with Crippen molar-refractivity contribution < 1.29 is 19.4 Å². The molecule has 0 aliphatic rings. The van der Waals surface area contributed by atoms with Gasteiger partial charge in [-0.2, -0.15) is 12.6 Å². The second-order valence-corrected chi connectivity index (χ2v) is 3.82. The molecule has 0 bridgehead atoms. The van der Waals surface area contributed by atoms with E-state index in [9.17, 15) is 4.79 Å². The molecule has 0 amide bonds. The Balaban J connectivity index is 0. The molecule has 0 aromatic rings. The second kappa shape index (κ2) is 11.4. The van der Waals surface area contributed by atoms with E-state index in [0.717, 1.165) is 26.2 Å². The van der Waals surface area contributed by atoms with Crippen molar-refractivity contribution in [3.05, 3.63) is 0 Å². The van der Waals surface area contributed by atoms with Crippen LogP contribution in [0, 0.1) is 0 Å². The molecule has 1 atom stereocenters. The van der Waals surface area contributed by atoms with Crippen LogP contribution in [-0.4, -0.2) is 28.9 Å². The molecule has 0 saturated carbocycles. The fourth-order valence-corrected chi connectivity index (χ4v) is 1.18. The molecule has 1 unspecified atom stereocenters. The predicted octanol–water partition coefficient (Wildman–Crippen LogP) is 2.13. The van der Waals surface area contributed by atoms with Gasteiger partial charge in [0.1, 0.15) is 0 Å². The SMILES string of the molecule is CC(=O)O.CCCC(S)CCOC(C)=O. The maximum atomic E-state index is 10.3. The zero-order valence-corrected chi connectivity index (χ0v) is 10.4. The summed E-state index contributed by atoms with van der Waals surface area (Å²) in [4.78, 5) is 19.3. The third kappa shape index (κ3) is 24.6. The second-order valence-electron chi connectivity index (χ2n) is 3.09. The normalized spacial score (nSPS) is 10.9. The van der Waals surface area contributed by atoms with E-state index in [-0.39, 0.29) is 5.97 Å². The number of rotatable bonds is 5. The van der Waals surface area contributed by atoms with Crippen LogP contribution in [0.25, 0.3) is 0 Å².